The summed E-state index contributed by atoms with van der Waals surface area (Å²) in [6.07, 6.45) is -15.3. The largest absolute Gasteiger partial charge is 0.508 e. The van der Waals surface area contributed by atoms with Crippen molar-refractivity contribution in [2.45, 2.75) is 136 Å². The summed E-state index contributed by atoms with van der Waals surface area (Å²) >= 11 is 18.9. The molecule has 2 fully saturated rings. The lowest BCUT2D eigenvalue weighted by Gasteiger charge is -2.50. The third kappa shape index (κ3) is 16.9. The van der Waals surface area contributed by atoms with E-state index in [0.717, 1.165) is 38.2 Å². The number of ether oxygens (including phenoxy) is 10. The Morgan fingerprint density at radius 1 is 0.559 bits per heavy atom. The van der Waals surface area contributed by atoms with E-state index in [9.17, 15) is 19.9 Å². The van der Waals surface area contributed by atoms with E-state index in [4.69, 9.17) is 92.0 Å². The van der Waals surface area contributed by atoms with Gasteiger partial charge in [-0.15, -0.1) is 0 Å². The number of benzene rings is 7. The van der Waals surface area contributed by atoms with Crippen LogP contribution in [0.4, 0.5) is 4.79 Å². The van der Waals surface area contributed by atoms with Gasteiger partial charge >= 0.3 is 12.1 Å². The molecule has 0 spiro atoms. The van der Waals surface area contributed by atoms with Gasteiger partial charge in [0.25, 0.3) is 12.1 Å². The number of nitrogens with one attached hydrogen (secondary N) is 1. The summed E-state index contributed by atoms with van der Waals surface area (Å²) in [5.41, 5.74) is 16.7. The van der Waals surface area contributed by atoms with E-state index < -0.39 is 96.5 Å². The molecule has 93 heavy (non-hydrogen) atoms. The third-order valence-electron chi connectivity index (χ3n) is 16.5. The Bertz CT molecular complexity index is 3580. The van der Waals surface area contributed by atoms with Crippen LogP contribution >= 0.6 is 34.8 Å². The first-order valence-electron chi connectivity index (χ1n) is 30.6. The number of azide groups is 1. The number of halogens is 3. The minimum absolute atomic E-state index is 0.0782. The van der Waals surface area contributed by atoms with E-state index in [0.29, 0.717) is 11.1 Å². The van der Waals surface area contributed by atoms with E-state index in [-0.39, 0.29) is 64.2 Å². The maximum atomic E-state index is 14.7. The molecule has 0 aromatic heterocycles. The fourth-order valence-electron chi connectivity index (χ4n) is 12.2. The number of hydrogen-bond donors (Lipinski definition) is 1. The number of carbonyl (C=O) groups excluding carboxylic acids is 3. The van der Waals surface area contributed by atoms with Crippen molar-refractivity contribution >= 4 is 77.3 Å². The molecule has 1 N–H and O–H groups in total. The fourth-order valence-corrected chi connectivity index (χ4v) is 16.9. The second-order valence-electron chi connectivity index (χ2n) is 23.9. The number of nitrogens with zero attached hydrogens (tertiary/aromatic N) is 3. The van der Waals surface area contributed by atoms with Crippen LogP contribution in [-0.4, -0.2) is 117 Å². The standard InChI is InChI=1S/C71H73Cl3N4O14Si/c1-46(79)38-39-59(80)89-65-64(84-42-49-28-14-7-15-29-49)62(91-69(81)85-43-56-54-36-22-20-34-52(54)53-35-21-23-37-55(53)56)57(44-82-40-47-24-10-5-11-25-47)88-67(65)90-61-58(45-86-93(70(2,3)4,50-30-16-8-17-31-50)51-32-18-9-19-33-51)87-66(92-68(75)71(72,73)74)60(77-78-76)63(61)83-41-48-26-12-6-13-27-48/h5-37,56-58,60-67,75H,38-45H2,1-4H3/t57-,58+,60+,61+,62+,63+,64-,65+,66-,67-/m0/s1. The van der Waals surface area contributed by atoms with Crippen LogP contribution < -0.4 is 10.4 Å². The molecule has 18 nitrogen and oxygen atoms in total. The van der Waals surface area contributed by atoms with Crippen molar-refractivity contribution in [2.24, 2.45) is 5.11 Å². The van der Waals surface area contributed by atoms with E-state index in [1.807, 2.05) is 200 Å². The molecule has 0 unspecified atom stereocenters. The van der Waals surface area contributed by atoms with Crippen LogP contribution in [0.25, 0.3) is 21.6 Å². The predicted octanol–water partition coefficient (Wildman–Crippen LogP) is 13.4. The number of esters is 1. The summed E-state index contributed by atoms with van der Waals surface area (Å²) in [5.74, 6) is -2.34. The van der Waals surface area contributed by atoms with Crippen molar-refractivity contribution in [1.29, 1.82) is 5.41 Å². The first kappa shape index (κ1) is 68.4. The van der Waals surface area contributed by atoms with Gasteiger partial charge in [-0.25, -0.2) is 4.79 Å². The summed E-state index contributed by atoms with van der Waals surface area (Å²) < 4.78 is 72.0. The summed E-state index contributed by atoms with van der Waals surface area (Å²) in [6, 6.07) is 61.8. The van der Waals surface area contributed by atoms with Gasteiger partial charge in [0.05, 0.1) is 39.5 Å². The highest BCUT2D eigenvalue weighted by atomic mass is 35.6. The summed E-state index contributed by atoms with van der Waals surface area (Å²) in [5, 5.41) is 14.3. The van der Waals surface area contributed by atoms with E-state index in [1.54, 1.807) is 0 Å². The van der Waals surface area contributed by atoms with Crippen molar-refractivity contribution in [3.05, 3.63) is 238 Å². The number of hydrogen-bond acceptors (Lipinski definition) is 16. The van der Waals surface area contributed by atoms with Gasteiger partial charge < -0.3 is 56.6 Å². The topological polar surface area (TPSA) is 225 Å². The molecule has 1 aliphatic carbocycles. The molecule has 0 amide bonds. The van der Waals surface area contributed by atoms with E-state index in [1.165, 1.54) is 6.92 Å². The Hall–Kier alpha value is -7.46. The van der Waals surface area contributed by atoms with Crippen LogP contribution in [0.1, 0.15) is 74.3 Å². The molecular formula is C71H73Cl3N4O14Si. The number of Topliss-reactive ketones (excluding diaryl/α,β-unsaturated/α-hetero) is 1. The highest BCUT2D eigenvalue weighted by Crippen LogP contribution is 2.45. The first-order chi connectivity index (χ1) is 44.9. The minimum Gasteiger partial charge on any atom is -0.454 e. The molecular weight excluding hydrogens is 1270 g/mol. The van der Waals surface area contributed by atoms with E-state index >= 15 is 0 Å². The average Bonchev–Trinajstić information content (AvgIpc) is 1.14. The van der Waals surface area contributed by atoms with Crippen molar-refractivity contribution in [1.82, 2.24) is 0 Å². The molecule has 2 saturated heterocycles. The summed E-state index contributed by atoms with van der Waals surface area (Å²) in [6.45, 7) is 6.79. The molecule has 22 heteroatoms. The predicted molar refractivity (Wildman–Crippen MR) is 354 cm³/mol. The molecule has 7 aromatic carbocycles. The van der Waals surface area contributed by atoms with Crippen molar-refractivity contribution in [3.63, 3.8) is 0 Å². The average molecular weight is 1340 g/mol. The molecule has 0 saturated carbocycles. The Kier molecular flexibility index (Phi) is 23.3. The molecule has 2 heterocycles. The summed E-state index contributed by atoms with van der Waals surface area (Å²) in [4.78, 5) is 45.0. The van der Waals surface area contributed by atoms with Crippen LogP contribution in [-0.2, 0) is 81.2 Å². The number of ketones is 1. The highest BCUT2D eigenvalue weighted by molar-refractivity contribution is 6.99. The molecule has 0 bridgehead atoms. The van der Waals surface area contributed by atoms with Gasteiger partial charge in [0.2, 0.25) is 12.2 Å². The van der Waals surface area contributed by atoms with Gasteiger partial charge in [-0.05, 0) is 66.8 Å². The molecule has 7 aromatic rings. The smallest absolute Gasteiger partial charge is 0.454 e. The minimum atomic E-state index is -3.49. The lowest BCUT2D eigenvalue weighted by molar-refractivity contribution is -0.352. The van der Waals surface area contributed by atoms with Crippen LogP contribution in [0.3, 0.4) is 0 Å². The fraction of sp³-hybridized carbons (Fsp3) is 0.352. The molecule has 2 aliphatic heterocycles. The first-order valence-corrected chi connectivity index (χ1v) is 33.7. The van der Waals surface area contributed by atoms with Crippen molar-refractivity contribution in [2.75, 3.05) is 19.8 Å². The number of rotatable bonds is 26. The molecule has 3 aliphatic rings. The quantitative estimate of drug-likeness (QED) is 0.00778. The Morgan fingerprint density at radius 2 is 1.04 bits per heavy atom. The van der Waals surface area contributed by atoms with Gasteiger partial charge in [-0.1, -0.05) is 261 Å². The number of fused-ring (bicyclic) bond motifs is 3. The van der Waals surface area contributed by atoms with E-state index in [2.05, 4.69) is 30.8 Å². The highest BCUT2D eigenvalue weighted by Gasteiger charge is 2.58. The molecule has 486 valence electrons. The monoisotopic (exact) mass is 1340 g/mol. The number of carbonyl (C=O) groups is 3. The van der Waals surface area contributed by atoms with Crippen LogP contribution in [0, 0.1) is 5.41 Å². The SMILES string of the molecule is CC(=O)CCC(=O)O[C@H]1[C@H](O[C@H]2[C@H](OCc3ccccc3)[C@@H](N=[N+]=[N-])[C@H](OC(=N)C(Cl)(Cl)Cl)O[C@@H]2CO[Si](c2ccccc2)(c2ccccc2)C(C)(C)C)O[C@@H](COCc2ccccc2)[C@@H](OC(=O)OCC2c3ccccc3-c3ccccc32)[C@@H]1OCc1ccccc1. The zero-order valence-electron chi connectivity index (χ0n) is 51.8. The molecule has 0 radical (unpaired) electrons. The van der Waals surface area contributed by atoms with Crippen LogP contribution in [0.15, 0.2) is 205 Å². The Balaban J connectivity index is 1.10. The maximum absolute atomic E-state index is 14.7. The Labute approximate surface area is 556 Å². The molecule has 10 atom stereocenters. The van der Waals surface area contributed by atoms with Gasteiger partial charge in [0.15, 0.2) is 18.5 Å². The van der Waals surface area contributed by atoms with Gasteiger partial charge in [0, 0.05) is 17.3 Å². The van der Waals surface area contributed by atoms with Crippen molar-refractivity contribution in [3.8, 4) is 11.1 Å². The number of alkyl halides is 3. The zero-order valence-corrected chi connectivity index (χ0v) is 55.0. The normalized spacial score (nSPS) is 22.1. The van der Waals surface area contributed by atoms with Gasteiger partial charge in [-0.3, -0.25) is 10.2 Å². The summed E-state index contributed by atoms with van der Waals surface area (Å²) in [7, 11) is -3.49. The maximum Gasteiger partial charge on any atom is 0.508 e. The third-order valence-corrected chi connectivity index (χ3v) is 22.0. The van der Waals surface area contributed by atoms with Crippen LogP contribution in [0.2, 0.25) is 5.04 Å². The lowest BCUT2D eigenvalue weighted by atomic mass is 9.95. The zero-order chi connectivity index (χ0) is 65.5. The van der Waals surface area contributed by atoms with Crippen molar-refractivity contribution < 1.29 is 66.2 Å². The Morgan fingerprint density at radius 3 is 1.56 bits per heavy atom. The second-order valence-corrected chi connectivity index (χ2v) is 30.4. The van der Waals surface area contributed by atoms with Gasteiger partial charge in [-0.2, -0.15) is 0 Å². The molecule has 10 rings (SSSR count). The van der Waals surface area contributed by atoms with Gasteiger partial charge in [0.1, 0.15) is 49.0 Å². The second kappa shape index (κ2) is 31.6. The lowest BCUT2D eigenvalue weighted by Crippen LogP contribution is -2.69. The van der Waals surface area contributed by atoms with Crippen LogP contribution in [0.5, 0.6) is 0 Å².